The molecule has 0 bridgehead atoms. The van der Waals surface area contributed by atoms with E-state index < -0.39 is 0 Å². The van der Waals surface area contributed by atoms with Crippen LogP contribution in [-0.4, -0.2) is 0 Å². The Balaban J connectivity index is 0.752. The van der Waals surface area contributed by atoms with Crippen molar-refractivity contribution in [2.24, 2.45) is 0 Å². The first kappa shape index (κ1) is 52.8. The van der Waals surface area contributed by atoms with Crippen LogP contribution in [0.5, 0.6) is 0 Å². The van der Waals surface area contributed by atoms with Gasteiger partial charge in [-0.2, -0.15) is 0 Å². The monoisotopic (exact) mass is 1100 g/mol. The highest BCUT2D eigenvalue weighted by Crippen LogP contribution is 2.45. The molecule has 410 valence electrons. The lowest BCUT2D eigenvalue weighted by atomic mass is 9.97. The van der Waals surface area contributed by atoms with Crippen LogP contribution >= 0.6 is 0 Å². The van der Waals surface area contributed by atoms with E-state index in [2.05, 4.69) is 373 Å². The van der Waals surface area contributed by atoms with Crippen molar-refractivity contribution in [3.8, 4) is 33.4 Å². The van der Waals surface area contributed by atoms with Crippen molar-refractivity contribution >= 4 is 89.8 Å². The van der Waals surface area contributed by atoms with E-state index in [0.717, 1.165) is 102 Å². The summed E-state index contributed by atoms with van der Waals surface area (Å²) in [6.07, 6.45) is 0. The minimum Gasteiger partial charge on any atom is -0.310 e. The van der Waals surface area contributed by atoms with Crippen LogP contribution < -0.4 is 19.6 Å². The molecule has 4 heteroatoms. The van der Waals surface area contributed by atoms with Crippen molar-refractivity contribution < 1.29 is 0 Å². The number of nitrogens with zero attached hydrogens (tertiary/aromatic N) is 4. The van der Waals surface area contributed by atoms with Gasteiger partial charge in [-0.15, -0.1) is 0 Å². The second-order valence-corrected chi connectivity index (χ2v) is 22.0. The number of aryl methyl sites for hydroxylation is 2. The maximum absolute atomic E-state index is 2.38. The van der Waals surface area contributed by atoms with Crippen molar-refractivity contribution in [1.29, 1.82) is 0 Å². The zero-order chi connectivity index (χ0) is 57.8. The van der Waals surface area contributed by atoms with Crippen molar-refractivity contribution in [1.82, 2.24) is 0 Å². The minimum atomic E-state index is 1.08. The van der Waals surface area contributed by atoms with Crippen LogP contribution in [0.15, 0.2) is 340 Å². The summed E-state index contributed by atoms with van der Waals surface area (Å²) < 4.78 is 0. The number of rotatable bonds is 15. The summed E-state index contributed by atoms with van der Waals surface area (Å²) in [5, 5.41) is 4.76. The van der Waals surface area contributed by atoms with E-state index in [0.29, 0.717) is 0 Å². The number of hydrogen-bond acceptors (Lipinski definition) is 4. The minimum absolute atomic E-state index is 1.08. The SMILES string of the molecule is Cc1cccc(N(c2ccccc2)c2ccc(-c3ccc(N(c4ccccc4)c4cc(C)cc(-c5ccc6c(N(c7ccccc7)c7ccc(-c8ccc(N(c9ccccc9)c9cccc%10ccccc9%10)cc8)cc7)cccc6c5)c4)cc3)cc2)c1. The second kappa shape index (κ2) is 23.6. The molecule has 0 heterocycles. The molecule has 0 N–H and O–H groups in total. The topological polar surface area (TPSA) is 13.0 Å². The predicted molar refractivity (Wildman–Crippen MR) is 366 cm³/mol. The molecule has 14 aromatic carbocycles. The van der Waals surface area contributed by atoms with Gasteiger partial charge in [-0.05, 0) is 209 Å². The number of fused-ring (bicyclic) bond motifs is 2. The van der Waals surface area contributed by atoms with Gasteiger partial charge in [0.15, 0.2) is 0 Å². The van der Waals surface area contributed by atoms with Gasteiger partial charge >= 0.3 is 0 Å². The largest absolute Gasteiger partial charge is 0.310 e. The van der Waals surface area contributed by atoms with Gasteiger partial charge in [-0.3, -0.25) is 0 Å². The Hall–Kier alpha value is -11.2. The summed E-state index contributed by atoms with van der Waals surface area (Å²) in [4.78, 5) is 9.42. The molecule has 0 radical (unpaired) electrons. The highest BCUT2D eigenvalue weighted by molar-refractivity contribution is 6.02. The fourth-order valence-electron chi connectivity index (χ4n) is 12.1. The van der Waals surface area contributed by atoms with Gasteiger partial charge in [0.05, 0.1) is 11.4 Å². The van der Waals surface area contributed by atoms with Gasteiger partial charge in [0.2, 0.25) is 0 Å². The highest BCUT2D eigenvalue weighted by Gasteiger charge is 2.20. The quantitative estimate of drug-likeness (QED) is 0.101. The third-order valence-corrected chi connectivity index (χ3v) is 16.2. The van der Waals surface area contributed by atoms with Crippen LogP contribution in [0.1, 0.15) is 11.1 Å². The highest BCUT2D eigenvalue weighted by atomic mass is 15.2. The standard InChI is InChI=1S/C82H62N4/c1-59-20-17-32-77(55-59)83(69-24-7-3-8-25-69)73-45-36-61(37-46-73)62-38-47-74(48-39-62)84(70-26-9-4-10-27-70)78-56-60(2)54-68(58-78)66-44-53-80-67(57-66)23-19-35-82(80)86(72-30-13-6-14-31-72)76-51-42-64(43-52-76)63-40-49-75(50-41-63)85(71-28-11-5-12-29-71)81-34-18-22-65-21-15-16-33-79(65)81/h3-58H,1-2H3. The Morgan fingerprint density at radius 3 is 0.988 bits per heavy atom. The zero-order valence-corrected chi connectivity index (χ0v) is 48.1. The van der Waals surface area contributed by atoms with Gasteiger partial charge in [0.25, 0.3) is 0 Å². The van der Waals surface area contributed by atoms with E-state index >= 15 is 0 Å². The molecule has 0 aliphatic rings. The van der Waals surface area contributed by atoms with Crippen LogP contribution in [0.25, 0.3) is 54.9 Å². The maximum Gasteiger partial charge on any atom is 0.0540 e. The first-order valence-corrected chi connectivity index (χ1v) is 29.5. The zero-order valence-electron chi connectivity index (χ0n) is 48.1. The third-order valence-electron chi connectivity index (χ3n) is 16.2. The van der Waals surface area contributed by atoms with Crippen LogP contribution in [0.4, 0.5) is 68.2 Å². The molecular weight excluding hydrogens is 1040 g/mol. The van der Waals surface area contributed by atoms with Crippen LogP contribution in [0, 0.1) is 13.8 Å². The smallest absolute Gasteiger partial charge is 0.0540 e. The number of hydrogen-bond donors (Lipinski definition) is 0. The molecule has 0 atom stereocenters. The molecule has 0 fully saturated rings. The average Bonchev–Trinajstić information content (AvgIpc) is 2.35. The molecule has 0 aromatic heterocycles. The summed E-state index contributed by atoms with van der Waals surface area (Å²) in [6.45, 7) is 4.34. The normalized spacial score (nSPS) is 11.1. The molecule has 0 amide bonds. The Bertz CT molecular complexity index is 4620. The van der Waals surface area contributed by atoms with Gasteiger partial charge in [-0.25, -0.2) is 0 Å². The molecular formula is C82H62N4. The van der Waals surface area contributed by atoms with Crippen LogP contribution in [-0.2, 0) is 0 Å². The first-order valence-electron chi connectivity index (χ1n) is 29.5. The molecule has 14 aromatic rings. The van der Waals surface area contributed by atoms with Crippen LogP contribution in [0.2, 0.25) is 0 Å². The lowest BCUT2D eigenvalue weighted by molar-refractivity contribution is 1.27. The molecule has 86 heavy (non-hydrogen) atoms. The fourth-order valence-corrected chi connectivity index (χ4v) is 12.1. The van der Waals surface area contributed by atoms with E-state index in [1.807, 2.05) is 0 Å². The van der Waals surface area contributed by atoms with Crippen molar-refractivity contribution in [2.45, 2.75) is 13.8 Å². The predicted octanol–water partition coefficient (Wildman–Crippen LogP) is 23.5. The molecule has 4 nitrogen and oxygen atoms in total. The van der Waals surface area contributed by atoms with Crippen LogP contribution in [0.3, 0.4) is 0 Å². The average molecular weight is 1100 g/mol. The van der Waals surface area contributed by atoms with Gasteiger partial charge < -0.3 is 19.6 Å². The Morgan fingerprint density at radius 2 is 0.512 bits per heavy atom. The van der Waals surface area contributed by atoms with E-state index in [9.17, 15) is 0 Å². The van der Waals surface area contributed by atoms with Gasteiger partial charge in [0.1, 0.15) is 0 Å². The molecule has 14 rings (SSSR count). The summed E-state index contributed by atoms with van der Waals surface area (Å²) in [5.41, 5.74) is 22.6. The second-order valence-electron chi connectivity index (χ2n) is 22.0. The Morgan fingerprint density at radius 1 is 0.174 bits per heavy atom. The van der Waals surface area contributed by atoms with E-state index in [1.165, 1.54) is 32.7 Å². The molecule has 0 spiro atoms. The summed E-state index contributed by atoms with van der Waals surface area (Å²) >= 11 is 0. The van der Waals surface area contributed by atoms with E-state index in [1.54, 1.807) is 0 Å². The first-order chi connectivity index (χ1) is 42.5. The molecule has 0 unspecified atom stereocenters. The number of benzene rings is 14. The van der Waals surface area contributed by atoms with Crippen molar-refractivity contribution in [3.63, 3.8) is 0 Å². The van der Waals surface area contributed by atoms with Crippen molar-refractivity contribution in [3.05, 3.63) is 351 Å². The third kappa shape index (κ3) is 10.8. The molecule has 0 saturated carbocycles. The maximum atomic E-state index is 2.38. The molecule has 0 saturated heterocycles. The van der Waals surface area contributed by atoms with E-state index in [4.69, 9.17) is 0 Å². The van der Waals surface area contributed by atoms with Gasteiger partial charge in [-0.1, -0.05) is 200 Å². The summed E-state index contributed by atoms with van der Waals surface area (Å²) in [5.74, 6) is 0. The van der Waals surface area contributed by atoms with Crippen molar-refractivity contribution in [2.75, 3.05) is 19.6 Å². The number of para-hydroxylation sites is 4. The number of anilines is 12. The summed E-state index contributed by atoms with van der Waals surface area (Å²) in [6, 6.07) is 123. The van der Waals surface area contributed by atoms with E-state index in [-0.39, 0.29) is 0 Å². The summed E-state index contributed by atoms with van der Waals surface area (Å²) in [7, 11) is 0. The lowest BCUT2D eigenvalue weighted by Gasteiger charge is -2.28. The Labute approximate surface area is 504 Å². The lowest BCUT2D eigenvalue weighted by Crippen LogP contribution is -2.10. The molecule has 0 aliphatic heterocycles. The fraction of sp³-hybridized carbons (Fsp3) is 0.0244. The molecule has 0 aliphatic carbocycles. The Kier molecular flexibility index (Phi) is 14.5. The van der Waals surface area contributed by atoms with Gasteiger partial charge in [0, 0.05) is 67.6 Å².